The monoisotopic (exact) mass is 529 g/mol. The Morgan fingerprint density at radius 2 is 1.48 bits per heavy atom. The number of carboxylic acid groups (broad SMARTS) is 1. The SMILES string of the molecule is O=C(O)c1ccc2c(c1)nc(-c1ccc(C(=O)Nc3ccc(Cc4ccccc4)cc3)cc1)n2C1CCCCC1. The van der Waals surface area contributed by atoms with Crippen LogP contribution in [0.2, 0.25) is 0 Å². The molecule has 6 nitrogen and oxygen atoms in total. The minimum atomic E-state index is -0.961. The third kappa shape index (κ3) is 5.38. The average Bonchev–Trinajstić information content (AvgIpc) is 3.38. The zero-order chi connectivity index (χ0) is 27.5. The number of fused-ring (bicyclic) bond motifs is 1. The number of hydrogen-bond acceptors (Lipinski definition) is 3. The Morgan fingerprint density at radius 1 is 0.800 bits per heavy atom. The molecule has 0 radical (unpaired) electrons. The van der Waals surface area contributed by atoms with Gasteiger partial charge in [0.15, 0.2) is 0 Å². The number of rotatable bonds is 7. The molecule has 200 valence electrons. The Hall–Kier alpha value is -4.71. The first kappa shape index (κ1) is 25.6. The molecule has 5 aromatic rings. The molecule has 1 amide bonds. The van der Waals surface area contributed by atoms with Gasteiger partial charge in [0.1, 0.15) is 5.82 Å². The van der Waals surface area contributed by atoms with Gasteiger partial charge in [-0.2, -0.15) is 0 Å². The first-order chi connectivity index (χ1) is 19.5. The quantitative estimate of drug-likeness (QED) is 0.226. The number of aromatic carboxylic acids is 1. The predicted octanol–water partition coefficient (Wildman–Crippen LogP) is 7.75. The maximum absolute atomic E-state index is 13.0. The number of benzene rings is 4. The second-order valence-corrected chi connectivity index (χ2v) is 10.5. The van der Waals surface area contributed by atoms with E-state index in [4.69, 9.17) is 4.98 Å². The summed E-state index contributed by atoms with van der Waals surface area (Å²) in [5.41, 5.74) is 6.50. The highest BCUT2D eigenvalue weighted by Crippen LogP contribution is 2.36. The normalized spacial score (nSPS) is 13.8. The van der Waals surface area contributed by atoms with Gasteiger partial charge in [0, 0.05) is 22.9 Å². The second-order valence-electron chi connectivity index (χ2n) is 10.5. The lowest BCUT2D eigenvalue weighted by Gasteiger charge is -2.25. The molecule has 1 aromatic heterocycles. The number of anilines is 1. The molecule has 0 spiro atoms. The van der Waals surface area contributed by atoms with Gasteiger partial charge >= 0.3 is 5.97 Å². The van der Waals surface area contributed by atoms with Crippen molar-refractivity contribution in [3.63, 3.8) is 0 Å². The number of hydrogen-bond donors (Lipinski definition) is 2. The van der Waals surface area contributed by atoms with E-state index < -0.39 is 5.97 Å². The van der Waals surface area contributed by atoms with Crippen molar-refractivity contribution < 1.29 is 14.7 Å². The zero-order valence-electron chi connectivity index (χ0n) is 22.2. The number of nitrogens with one attached hydrogen (secondary N) is 1. The Balaban J connectivity index is 1.22. The molecule has 1 fully saturated rings. The van der Waals surface area contributed by atoms with Crippen molar-refractivity contribution >= 4 is 28.6 Å². The Labute approximate surface area is 233 Å². The molecule has 1 aliphatic carbocycles. The maximum atomic E-state index is 13.0. The van der Waals surface area contributed by atoms with Crippen LogP contribution in [-0.2, 0) is 6.42 Å². The van der Waals surface area contributed by atoms with Crippen molar-refractivity contribution in [2.75, 3.05) is 5.32 Å². The molecule has 40 heavy (non-hydrogen) atoms. The van der Waals surface area contributed by atoms with Crippen molar-refractivity contribution in [2.45, 2.75) is 44.6 Å². The molecule has 0 unspecified atom stereocenters. The maximum Gasteiger partial charge on any atom is 0.335 e. The number of carbonyl (C=O) groups excluding carboxylic acids is 1. The molecule has 0 saturated heterocycles. The van der Waals surface area contributed by atoms with Crippen LogP contribution in [0.1, 0.15) is 70.0 Å². The van der Waals surface area contributed by atoms with Crippen LogP contribution >= 0.6 is 0 Å². The van der Waals surface area contributed by atoms with Gasteiger partial charge in [0.25, 0.3) is 5.91 Å². The highest BCUT2D eigenvalue weighted by atomic mass is 16.4. The summed E-state index contributed by atoms with van der Waals surface area (Å²) in [5, 5.41) is 12.5. The van der Waals surface area contributed by atoms with E-state index in [9.17, 15) is 14.7 Å². The van der Waals surface area contributed by atoms with Crippen LogP contribution in [0.15, 0.2) is 97.1 Å². The van der Waals surface area contributed by atoms with E-state index in [-0.39, 0.29) is 11.5 Å². The van der Waals surface area contributed by atoms with E-state index in [1.165, 1.54) is 30.4 Å². The highest BCUT2D eigenvalue weighted by Gasteiger charge is 2.23. The molecule has 0 bridgehead atoms. The molecule has 4 aromatic carbocycles. The van der Waals surface area contributed by atoms with Gasteiger partial charge in [0.2, 0.25) is 0 Å². The number of aromatic nitrogens is 2. The first-order valence-corrected chi connectivity index (χ1v) is 13.8. The molecular formula is C34H31N3O3. The number of amides is 1. The summed E-state index contributed by atoms with van der Waals surface area (Å²) in [6.07, 6.45) is 6.57. The van der Waals surface area contributed by atoms with E-state index in [2.05, 4.69) is 22.0 Å². The predicted molar refractivity (Wildman–Crippen MR) is 158 cm³/mol. The highest BCUT2D eigenvalue weighted by molar-refractivity contribution is 6.04. The van der Waals surface area contributed by atoms with Crippen LogP contribution in [-0.4, -0.2) is 26.5 Å². The number of nitrogens with zero attached hydrogens (tertiary/aromatic N) is 2. The summed E-state index contributed by atoms with van der Waals surface area (Å²) in [4.78, 5) is 29.4. The lowest BCUT2D eigenvalue weighted by atomic mass is 9.94. The van der Waals surface area contributed by atoms with E-state index in [1.807, 2.05) is 72.8 Å². The molecule has 0 atom stereocenters. The first-order valence-electron chi connectivity index (χ1n) is 13.8. The summed E-state index contributed by atoms with van der Waals surface area (Å²) in [6.45, 7) is 0. The number of carboxylic acids is 1. The topological polar surface area (TPSA) is 84.2 Å². The van der Waals surface area contributed by atoms with Crippen LogP contribution in [0.25, 0.3) is 22.4 Å². The van der Waals surface area contributed by atoms with Crippen LogP contribution < -0.4 is 5.32 Å². The van der Waals surface area contributed by atoms with E-state index in [0.29, 0.717) is 17.1 Å². The van der Waals surface area contributed by atoms with E-state index in [0.717, 1.165) is 41.9 Å². The summed E-state index contributed by atoms with van der Waals surface area (Å²) < 4.78 is 2.27. The molecule has 0 aliphatic heterocycles. The third-order valence-corrected chi connectivity index (χ3v) is 7.74. The van der Waals surface area contributed by atoms with Crippen molar-refractivity contribution in [1.82, 2.24) is 9.55 Å². The fourth-order valence-electron chi connectivity index (χ4n) is 5.66. The standard InChI is InChI=1S/C34H31N3O3/c38-33(35-28-18-11-24(12-19-28)21-23-7-3-1-4-8-23)26-15-13-25(14-16-26)32-36-30-22-27(34(39)40)17-20-31(30)37(32)29-9-5-2-6-10-29/h1,3-4,7-8,11-20,22,29H,2,5-6,9-10,21H2,(H,35,38)(H,39,40). The number of carbonyl (C=O) groups is 2. The van der Waals surface area contributed by atoms with Gasteiger partial charge in [-0.3, -0.25) is 4.79 Å². The molecular weight excluding hydrogens is 498 g/mol. The molecule has 1 saturated carbocycles. The van der Waals surface area contributed by atoms with Crippen molar-refractivity contribution in [3.05, 3.63) is 119 Å². The van der Waals surface area contributed by atoms with Crippen molar-refractivity contribution in [3.8, 4) is 11.4 Å². The molecule has 1 aliphatic rings. The average molecular weight is 530 g/mol. The Morgan fingerprint density at radius 3 is 2.17 bits per heavy atom. The van der Waals surface area contributed by atoms with Gasteiger partial charge in [-0.15, -0.1) is 0 Å². The van der Waals surface area contributed by atoms with Gasteiger partial charge < -0.3 is 15.0 Å². The van der Waals surface area contributed by atoms with Crippen LogP contribution in [0.4, 0.5) is 5.69 Å². The third-order valence-electron chi connectivity index (χ3n) is 7.74. The van der Waals surface area contributed by atoms with Crippen molar-refractivity contribution in [1.29, 1.82) is 0 Å². The van der Waals surface area contributed by atoms with Crippen LogP contribution in [0, 0.1) is 0 Å². The Bertz CT molecular complexity index is 1650. The van der Waals surface area contributed by atoms with E-state index >= 15 is 0 Å². The smallest absolute Gasteiger partial charge is 0.335 e. The molecule has 6 rings (SSSR count). The molecule has 1 heterocycles. The number of imidazole rings is 1. The zero-order valence-corrected chi connectivity index (χ0v) is 22.2. The van der Waals surface area contributed by atoms with Crippen LogP contribution in [0.5, 0.6) is 0 Å². The largest absolute Gasteiger partial charge is 0.478 e. The minimum absolute atomic E-state index is 0.172. The fourth-order valence-corrected chi connectivity index (χ4v) is 5.66. The lowest BCUT2D eigenvalue weighted by molar-refractivity contribution is 0.0696. The molecule has 6 heteroatoms. The summed E-state index contributed by atoms with van der Waals surface area (Å²) in [6, 6.07) is 31.2. The lowest BCUT2D eigenvalue weighted by Crippen LogP contribution is -2.14. The summed E-state index contributed by atoms with van der Waals surface area (Å²) in [5.74, 6) is -0.323. The van der Waals surface area contributed by atoms with E-state index in [1.54, 1.807) is 12.1 Å². The van der Waals surface area contributed by atoms with Crippen LogP contribution in [0.3, 0.4) is 0 Å². The Kier molecular flexibility index (Phi) is 7.15. The second kappa shape index (κ2) is 11.2. The van der Waals surface area contributed by atoms with Gasteiger partial charge in [-0.25, -0.2) is 9.78 Å². The minimum Gasteiger partial charge on any atom is -0.478 e. The summed E-state index contributed by atoms with van der Waals surface area (Å²) >= 11 is 0. The summed E-state index contributed by atoms with van der Waals surface area (Å²) in [7, 11) is 0. The molecule has 2 N–H and O–H groups in total. The van der Waals surface area contributed by atoms with Gasteiger partial charge in [0.05, 0.1) is 16.6 Å². The fraction of sp³-hybridized carbons (Fsp3) is 0.206. The van der Waals surface area contributed by atoms with Crippen molar-refractivity contribution in [2.24, 2.45) is 0 Å². The van der Waals surface area contributed by atoms with Gasteiger partial charge in [-0.05, 0) is 72.9 Å². The van der Waals surface area contributed by atoms with Gasteiger partial charge in [-0.1, -0.05) is 73.9 Å².